The van der Waals surface area contributed by atoms with Crippen LogP contribution in [0.2, 0.25) is 0 Å². The number of H-pyrrole nitrogens is 1. The Labute approximate surface area is 146 Å². The van der Waals surface area contributed by atoms with Gasteiger partial charge in [0.1, 0.15) is 0 Å². The number of carbonyl (C=O) groups excluding carboxylic acids is 1. The normalized spacial score (nSPS) is 14.0. The highest BCUT2D eigenvalue weighted by molar-refractivity contribution is 5.94. The van der Waals surface area contributed by atoms with Gasteiger partial charge in [0.2, 0.25) is 0 Å². The van der Waals surface area contributed by atoms with Gasteiger partial charge in [-0.15, -0.1) is 0 Å². The van der Waals surface area contributed by atoms with Gasteiger partial charge in [-0.2, -0.15) is 5.10 Å². The molecule has 0 bridgehead atoms. The molecule has 0 fully saturated rings. The number of fused-ring (bicyclic) bond motifs is 1. The predicted molar refractivity (Wildman–Crippen MR) is 96.3 cm³/mol. The third-order valence-electron chi connectivity index (χ3n) is 4.71. The molecule has 1 amide bonds. The number of hydrogen-bond acceptors (Lipinski definition) is 3. The van der Waals surface area contributed by atoms with E-state index in [-0.39, 0.29) is 5.91 Å². The first-order chi connectivity index (χ1) is 12.2. The molecule has 2 aromatic heterocycles. The number of aryl methyl sites for hydroxylation is 1. The van der Waals surface area contributed by atoms with Gasteiger partial charge >= 0.3 is 0 Å². The number of aromatic nitrogens is 3. The summed E-state index contributed by atoms with van der Waals surface area (Å²) in [4.78, 5) is 18.9. The van der Waals surface area contributed by atoms with E-state index in [0.29, 0.717) is 18.7 Å². The Balaban J connectivity index is 1.55. The van der Waals surface area contributed by atoms with Crippen molar-refractivity contribution in [3.8, 4) is 11.3 Å². The minimum absolute atomic E-state index is 0.0480. The molecule has 0 radical (unpaired) electrons. The maximum absolute atomic E-state index is 12.8. The average molecular weight is 332 g/mol. The molecule has 1 aliphatic rings. The van der Waals surface area contributed by atoms with Crippen molar-refractivity contribution >= 4 is 5.91 Å². The van der Waals surface area contributed by atoms with Crippen LogP contribution >= 0.6 is 0 Å². The van der Waals surface area contributed by atoms with Crippen LogP contribution in [0.5, 0.6) is 0 Å². The summed E-state index contributed by atoms with van der Waals surface area (Å²) >= 11 is 0. The van der Waals surface area contributed by atoms with Gasteiger partial charge in [0.25, 0.3) is 5.91 Å². The van der Waals surface area contributed by atoms with Crippen molar-refractivity contribution in [1.29, 1.82) is 0 Å². The zero-order chi connectivity index (χ0) is 17.2. The van der Waals surface area contributed by atoms with Gasteiger partial charge in [0.05, 0.1) is 11.3 Å². The first-order valence-electron chi connectivity index (χ1n) is 8.56. The van der Waals surface area contributed by atoms with E-state index in [2.05, 4.69) is 27.3 Å². The first-order valence-corrected chi connectivity index (χ1v) is 8.56. The Kier molecular flexibility index (Phi) is 4.06. The van der Waals surface area contributed by atoms with Gasteiger partial charge in [0.15, 0.2) is 0 Å². The summed E-state index contributed by atoms with van der Waals surface area (Å²) in [5.74, 6) is 0.0480. The monoisotopic (exact) mass is 332 g/mol. The second-order valence-electron chi connectivity index (χ2n) is 6.38. The minimum Gasteiger partial charge on any atom is -0.338 e. The smallest absolute Gasteiger partial charge is 0.255 e. The van der Waals surface area contributed by atoms with Crippen molar-refractivity contribution in [2.24, 2.45) is 0 Å². The Hall–Kier alpha value is -2.95. The molecular formula is C20H20N4O. The number of pyridine rings is 1. The number of benzene rings is 1. The van der Waals surface area contributed by atoms with Gasteiger partial charge in [-0.3, -0.25) is 14.9 Å². The number of carbonyl (C=O) groups is 1. The maximum atomic E-state index is 12.8. The molecular weight excluding hydrogens is 312 g/mol. The van der Waals surface area contributed by atoms with Crippen molar-refractivity contribution in [3.63, 3.8) is 0 Å². The second kappa shape index (κ2) is 6.51. The van der Waals surface area contributed by atoms with E-state index in [1.807, 2.05) is 42.2 Å². The number of nitrogens with zero attached hydrogens (tertiary/aromatic N) is 3. The molecule has 3 heterocycles. The lowest BCUT2D eigenvalue weighted by molar-refractivity contribution is 0.0762. The van der Waals surface area contributed by atoms with Crippen molar-refractivity contribution in [1.82, 2.24) is 20.1 Å². The molecule has 0 saturated heterocycles. The van der Waals surface area contributed by atoms with Gasteiger partial charge in [0, 0.05) is 48.2 Å². The van der Waals surface area contributed by atoms with Crippen LogP contribution in [0, 0.1) is 6.92 Å². The van der Waals surface area contributed by atoms with E-state index in [4.69, 9.17) is 0 Å². The van der Waals surface area contributed by atoms with Gasteiger partial charge in [-0.1, -0.05) is 30.3 Å². The van der Waals surface area contributed by atoms with Crippen molar-refractivity contribution in [2.45, 2.75) is 19.8 Å². The summed E-state index contributed by atoms with van der Waals surface area (Å²) in [5.41, 5.74) is 6.04. The summed E-state index contributed by atoms with van der Waals surface area (Å²) in [7, 11) is 0. The molecule has 1 aliphatic heterocycles. The maximum Gasteiger partial charge on any atom is 0.255 e. The van der Waals surface area contributed by atoms with Crippen molar-refractivity contribution in [2.75, 3.05) is 13.1 Å². The lowest BCUT2D eigenvalue weighted by atomic mass is 10.0. The fourth-order valence-electron chi connectivity index (χ4n) is 3.30. The van der Waals surface area contributed by atoms with E-state index in [9.17, 15) is 4.79 Å². The van der Waals surface area contributed by atoms with Crippen LogP contribution in [-0.4, -0.2) is 39.1 Å². The second-order valence-corrected chi connectivity index (χ2v) is 6.38. The molecule has 126 valence electrons. The lowest BCUT2D eigenvalue weighted by Gasteiger charge is -2.20. The highest BCUT2D eigenvalue weighted by atomic mass is 16.2. The van der Waals surface area contributed by atoms with E-state index >= 15 is 0 Å². The summed E-state index contributed by atoms with van der Waals surface area (Å²) in [6.45, 7) is 3.31. The molecule has 25 heavy (non-hydrogen) atoms. The van der Waals surface area contributed by atoms with E-state index < -0.39 is 0 Å². The van der Waals surface area contributed by atoms with Gasteiger partial charge in [-0.25, -0.2) is 0 Å². The zero-order valence-electron chi connectivity index (χ0n) is 14.2. The topological polar surface area (TPSA) is 61.9 Å². The number of aromatic amines is 1. The highest BCUT2D eigenvalue weighted by Gasteiger charge is 2.23. The van der Waals surface area contributed by atoms with Gasteiger partial charge in [-0.05, 0) is 25.5 Å². The molecule has 4 rings (SSSR count). The van der Waals surface area contributed by atoms with Crippen LogP contribution < -0.4 is 0 Å². The molecule has 1 N–H and O–H groups in total. The summed E-state index contributed by atoms with van der Waals surface area (Å²) < 4.78 is 0. The molecule has 0 spiro atoms. The number of amides is 1. The molecule has 5 heteroatoms. The van der Waals surface area contributed by atoms with E-state index in [0.717, 1.165) is 35.5 Å². The van der Waals surface area contributed by atoms with Crippen LogP contribution in [-0.2, 0) is 12.8 Å². The van der Waals surface area contributed by atoms with Gasteiger partial charge < -0.3 is 4.90 Å². The molecule has 0 saturated carbocycles. The van der Waals surface area contributed by atoms with Crippen LogP contribution in [0.1, 0.15) is 27.3 Å². The lowest BCUT2D eigenvalue weighted by Crippen LogP contribution is -2.33. The molecule has 5 nitrogen and oxygen atoms in total. The van der Waals surface area contributed by atoms with Crippen molar-refractivity contribution < 1.29 is 4.79 Å². The van der Waals surface area contributed by atoms with Crippen LogP contribution in [0.25, 0.3) is 11.3 Å². The standard InChI is InChI=1S/C20H20N4O/c1-14-7-8-16(13-21-14)20(25)24-11-9-17-18(10-12-24)22-23-19(17)15-5-3-2-4-6-15/h2-8,13H,9-12H2,1H3,(H,22,23). The first kappa shape index (κ1) is 15.6. The Morgan fingerprint density at radius 2 is 1.88 bits per heavy atom. The summed E-state index contributed by atoms with van der Waals surface area (Å²) in [6.07, 6.45) is 3.26. The molecule has 0 unspecified atom stereocenters. The Bertz CT molecular complexity index is 884. The minimum atomic E-state index is 0.0480. The fraction of sp³-hybridized carbons (Fsp3) is 0.250. The van der Waals surface area contributed by atoms with Crippen LogP contribution in [0.4, 0.5) is 0 Å². The summed E-state index contributed by atoms with van der Waals surface area (Å²) in [6, 6.07) is 13.9. The van der Waals surface area contributed by atoms with Crippen LogP contribution in [0.3, 0.4) is 0 Å². The molecule has 3 aromatic rings. The zero-order valence-corrected chi connectivity index (χ0v) is 14.2. The number of hydrogen-bond donors (Lipinski definition) is 1. The predicted octanol–water partition coefficient (Wildman–Crippen LogP) is 3.02. The fourth-order valence-corrected chi connectivity index (χ4v) is 3.30. The third kappa shape index (κ3) is 3.05. The number of rotatable bonds is 2. The number of nitrogens with one attached hydrogen (secondary N) is 1. The highest BCUT2D eigenvalue weighted by Crippen LogP contribution is 2.26. The molecule has 0 aliphatic carbocycles. The Morgan fingerprint density at radius 1 is 1.08 bits per heavy atom. The average Bonchev–Trinajstić information content (AvgIpc) is 2.94. The van der Waals surface area contributed by atoms with Crippen LogP contribution in [0.15, 0.2) is 48.7 Å². The molecule has 0 atom stereocenters. The van der Waals surface area contributed by atoms with Crippen molar-refractivity contribution in [3.05, 3.63) is 71.2 Å². The molecule has 1 aromatic carbocycles. The largest absolute Gasteiger partial charge is 0.338 e. The third-order valence-corrected chi connectivity index (χ3v) is 4.71. The van der Waals surface area contributed by atoms with E-state index in [1.165, 1.54) is 5.56 Å². The van der Waals surface area contributed by atoms with E-state index in [1.54, 1.807) is 6.20 Å². The summed E-state index contributed by atoms with van der Waals surface area (Å²) in [5, 5.41) is 7.68. The SMILES string of the molecule is Cc1ccc(C(=O)N2CCc3[nH]nc(-c4ccccc4)c3CC2)cn1. The quantitative estimate of drug-likeness (QED) is 0.785. The Morgan fingerprint density at radius 3 is 2.64 bits per heavy atom.